The van der Waals surface area contributed by atoms with Gasteiger partial charge in [-0.05, 0) is 128 Å². The summed E-state index contributed by atoms with van der Waals surface area (Å²) >= 11 is 5.04. The molecule has 1 heterocycles. The molecule has 0 N–H and O–H groups in total. The average molecular weight is 1280 g/mol. The molecule has 6 atom stereocenters. The van der Waals surface area contributed by atoms with Crippen LogP contribution in [-0.4, -0.2) is 43.5 Å². The summed E-state index contributed by atoms with van der Waals surface area (Å²) in [6.07, 6.45) is 33.5. The molecule has 6 heteroatoms. The molecule has 0 aromatic heterocycles. The third-order valence-corrected chi connectivity index (χ3v) is 24.9. The first kappa shape index (κ1) is 57.2. The van der Waals surface area contributed by atoms with E-state index in [0.717, 1.165) is 0 Å². The third-order valence-electron chi connectivity index (χ3n) is 17.3. The van der Waals surface area contributed by atoms with Gasteiger partial charge in [0.15, 0.2) is 0 Å². The van der Waals surface area contributed by atoms with E-state index in [0.29, 0.717) is 55.5 Å². The molecule has 0 bridgehead atoms. The van der Waals surface area contributed by atoms with Gasteiger partial charge >= 0.3 is 88.5 Å². The molecule has 2 radical (unpaired) electrons. The van der Waals surface area contributed by atoms with E-state index in [2.05, 4.69) is 219 Å². The van der Waals surface area contributed by atoms with Crippen LogP contribution in [0.2, 0.25) is 0 Å². The first-order valence-electron chi connectivity index (χ1n) is 28.4. The van der Waals surface area contributed by atoms with Crippen molar-refractivity contribution in [3.8, 4) is 0 Å². The van der Waals surface area contributed by atoms with Gasteiger partial charge in [0.1, 0.15) is 6.67 Å². The maximum absolute atomic E-state index is 4.20. The van der Waals surface area contributed by atoms with Crippen LogP contribution >= 0.6 is 47.4 Å². The van der Waals surface area contributed by atoms with Gasteiger partial charge in [-0.15, -0.1) is 0 Å². The Bertz CT molecular complexity index is 2000. The maximum atomic E-state index is 4.20. The monoisotopic (exact) mass is 1280 g/mol. The molecule has 3 aromatic carbocycles. The predicted octanol–water partition coefficient (Wildman–Crippen LogP) is 19.7. The molecule has 2 nitrogen and oxygen atoms in total. The van der Waals surface area contributed by atoms with Gasteiger partial charge in [0.25, 0.3) is 0 Å². The minimum absolute atomic E-state index is 0.207. The van der Waals surface area contributed by atoms with Crippen molar-refractivity contribution in [3.63, 3.8) is 0 Å². The Kier molecular flexibility index (Phi) is 23.8. The molecule has 3 saturated carbocycles. The van der Waals surface area contributed by atoms with Gasteiger partial charge in [0.05, 0.1) is 12.1 Å². The zero-order valence-electron chi connectivity index (χ0n) is 44.8. The van der Waals surface area contributed by atoms with Crippen LogP contribution < -0.4 is 0 Å². The van der Waals surface area contributed by atoms with E-state index in [1.807, 2.05) is 0 Å². The van der Waals surface area contributed by atoms with Crippen molar-refractivity contribution in [3.05, 3.63) is 138 Å². The van der Waals surface area contributed by atoms with Gasteiger partial charge in [0.2, 0.25) is 0 Å². The van der Waals surface area contributed by atoms with Crippen molar-refractivity contribution in [2.24, 2.45) is 35.5 Å². The predicted molar refractivity (Wildman–Crippen MR) is 321 cm³/mol. The van der Waals surface area contributed by atoms with Crippen molar-refractivity contribution in [1.82, 2.24) is 9.80 Å². The van der Waals surface area contributed by atoms with E-state index in [1.165, 1.54) is 78.6 Å². The second kappa shape index (κ2) is 29.1. The Balaban J connectivity index is 0.000000202. The first-order valence-corrected chi connectivity index (χ1v) is 41.3. The molecule has 1 saturated heterocycles. The van der Waals surface area contributed by atoms with E-state index in [-0.39, 0.29) is 12.1 Å². The summed E-state index contributed by atoms with van der Waals surface area (Å²) in [4.78, 5) is 5.39. The van der Waals surface area contributed by atoms with Gasteiger partial charge in [-0.3, -0.25) is 9.80 Å². The van der Waals surface area contributed by atoms with Crippen molar-refractivity contribution in [2.75, 3.05) is 0 Å². The Morgan fingerprint density at radius 3 is 1.46 bits per heavy atom. The van der Waals surface area contributed by atoms with Crippen LogP contribution in [-0.2, 0) is 8.47 Å². The molecule has 6 aliphatic rings. The van der Waals surface area contributed by atoms with E-state index < -0.39 is 8.47 Å². The van der Waals surface area contributed by atoms with Gasteiger partial charge < -0.3 is 0 Å². The number of halogens is 2. The molecule has 3 aromatic rings. The molecule has 386 valence electrons. The summed E-state index contributed by atoms with van der Waals surface area (Å²) in [5.41, 5.74) is 11.1. The zero-order chi connectivity index (χ0) is 49.6. The van der Waals surface area contributed by atoms with Crippen LogP contribution in [0.3, 0.4) is 0 Å². The number of hydrogen-bond donors (Lipinski definition) is 0. The molecule has 5 aliphatic carbocycles. The molecule has 9 rings (SSSR count). The van der Waals surface area contributed by atoms with Crippen molar-refractivity contribution < 1.29 is 8.47 Å². The Labute approximate surface area is 457 Å². The number of nitrogens with zero attached hydrogens (tertiary/aromatic N) is 2. The first-order chi connectivity index (χ1) is 33.9. The van der Waals surface area contributed by atoms with Crippen molar-refractivity contribution in [1.29, 1.82) is 0 Å². The Morgan fingerprint density at radius 2 is 1.03 bits per heavy atom. The third kappa shape index (κ3) is 15.3. The quantitative estimate of drug-likeness (QED) is 0.0772. The fourth-order valence-electron chi connectivity index (χ4n) is 14.2. The summed E-state index contributed by atoms with van der Waals surface area (Å²) in [5.74, 6) is 3.66. The summed E-state index contributed by atoms with van der Waals surface area (Å²) in [6.45, 7) is 23.6. The summed E-state index contributed by atoms with van der Waals surface area (Å²) in [6, 6.07) is 34.3. The molecular formula is C64H93I2N2PRu. The van der Waals surface area contributed by atoms with Crippen LogP contribution in [0, 0.1) is 42.2 Å². The number of benzene rings is 3. The van der Waals surface area contributed by atoms with Gasteiger partial charge in [0, 0.05) is 12.1 Å². The van der Waals surface area contributed by atoms with Crippen LogP contribution in [0.15, 0.2) is 114 Å². The normalized spacial score (nSPS) is 26.9. The average Bonchev–Trinajstić information content (AvgIpc) is 3.78. The molecule has 70 heavy (non-hydrogen) atoms. The van der Waals surface area contributed by atoms with Gasteiger partial charge in [-0.2, -0.15) is 0 Å². The fraction of sp³-hybridized carbons (Fsp3) is 0.625. The number of allylic oxidation sites excluding steroid dienone is 2. The molecular weight excluding hydrogens is 1180 g/mol. The van der Waals surface area contributed by atoms with Crippen LogP contribution in [0.5, 0.6) is 0 Å². The van der Waals surface area contributed by atoms with Gasteiger partial charge in [-0.25, -0.2) is 0 Å². The van der Waals surface area contributed by atoms with Gasteiger partial charge in [-0.1, -0.05) is 205 Å². The summed E-state index contributed by atoms with van der Waals surface area (Å²) in [7, 11) is -0.235. The standard InChI is InChI=1S/C39H54N2.C18H33P.C7H6.2HI.Ru/c1-26(2)32-21-15-23-34(36(32)28(5)6)40-25-41(35-24-16-22-33(27(3)4)37(35)29(7)8)39(31-19-13-10-14-20-31)38(40)30-17-11-9-12-18-30;1-4-10-16(11-5-1)19(17-12-6-2-7-13-17)18-14-8-3-9-15-18;1-7-5-3-2-4-6-7;;;/h9-15,17-20,23,26-29,32,34-36,38-39H,16,21-22,24H2,1-8H3;16-18H,1-15H2;1-6H;2*1H;/q;;;;;+2/p-2/t32?,34?,35?,36?,38-,39-;;;;;/m1...../s1. The van der Waals surface area contributed by atoms with Crippen LogP contribution in [0.4, 0.5) is 0 Å². The van der Waals surface area contributed by atoms with Crippen molar-refractivity contribution in [2.45, 2.75) is 219 Å². The van der Waals surface area contributed by atoms with E-state index in [9.17, 15) is 0 Å². The second-order valence-electron chi connectivity index (χ2n) is 23.2. The SMILES string of the molecule is C1CCC(P(C2CCCCC2)C2CCCCC2)CC1.CC(C)C1=C(C(C)C)C(N2[C]N(C3C=CCC(C(C)C)C3C(C)C)[C@H](c3ccccc3)[C@H]2c2ccccc2)CCC1.[I][Ru]([I])=[CH]c1ccccc1. The molecule has 0 amide bonds. The minimum atomic E-state index is -0.619. The topological polar surface area (TPSA) is 6.48 Å². The van der Waals surface area contributed by atoms with Crippen LogP contribution in [0.25, 0.3) is 0 Å². The molecule has 1 aliphatic heterocycles. The summed E-state index contributed by atoms with van der Waals surface area (Å²) in [5, 5.41) is 0. The van der Waals surface area contributed by atoms with Crippen molar-refractivity contribution >= 4 is 52.0 Å². The van der Waals surface area contributed by atoms with E-state index in [4.69, 9.17) is 0 Å². The second-order valence-corrected chi connectivity index (χ2v) is 46.2. The molecule has 4 fully saturated rings. The summed E-state index contributed by atoms with van der Waals surface area (Å²) < 4.78 is 2.37. The zero-order valence-corrected chi connectivity index (χ0v) is 51.7. The molecule has 4 unspecified atom stereocenters. The number of rotatable bonds is 12. The van der Waals surface area contributed by atoms with E-state index >= 15 is 0 Å². The van der Waals surface area contributed by atoms with Crippen LogP contribution in [0.1, 0.15) is 206 Å². The van der Waals surface area contributed by atoms with E-state index in [1.54, 1.807) is 88.2 Å². The molecule has 0 spiro atoms. The Morgan fingerprint density at radius 1 is 0.557 bits per heavy atom. The number of hydrogen-bond acceptors (Lipinski definition) is 2. The Hall–Kier alpha value is -0.557. The fourth-order valence-corrected chi connectivity index (χ4v) is 22.6.